The maximum atomic E-state index is 13.0. The van der Waals surface area contributed by atoms with Crippen LogP contribution in [0, 0.1) is 0 Å². The van der Waals surface area contributed by atoms with Crippen LogP contribution in [0.1, 0.15) is 33.3 Å². The first-order chi connectivity index (χ1) is 12.6. The number of benzene rings is 2. The molecule has 126 valence electrons. The molecule has 0 spiro atoms. The molecule has 0 aliphatic carbocycles. The van der Waals surface area contributed by atoms with Gasteiger partial charge in [0, 0.05) is 22.9 Å². The Morgan fingerprint density at radius 2 is 1.46 bits per heavy atom. The van der Waals surface area contributed by atoms with E-state index >= 15 is 0 Å². The third-order valence-electron chi connectivity index (χ3n) is 4.55. The summed E-state index contributed by atoms with van der Waals surface area (Å²) in [5.41, 5.74) is 4.87. The van der Waals surface area contributed by atoms with Gasteiger partial charge in [0.2, 0.25) is 5.78 Å². The topological polar surface area (TPSA) is 38.5 Å². The number of Topliss-reactive ketones (excluding diaryl/α,β-unsaturated/α-hetero) is 1. The van der Waals surface area contributed by atoms with Crippen molar-refractivity contribution in [1.82, 2.24) is 4.40 Å². The van der Waals surface area contributed by atoms with Crippen molar-refractivity contribution in [3.05, 3.63) is 102 Å². The van der Waals surface area contributed by atoms with Crippen molar-refractivity contribution in [3.8, 4) is 11.1 Å². The lowest BCUT2D eigenvalue weighted by Crippen LogP contribution is -2.04. The Labute approximate surface area is 151 Å². The first-order valence-corrected chi connectivity index (χ1v) is 8.46. The molecule has 0 unspecified atom stereocenters. The highest BCUT2D eigenvalue weighted by Crippen LogP contribution is 2.29. The van der Waals surface area contributed by atoms with Crippen LogP contribution in [0.2, 0.25) is 0 Å². The van der Waals surface area contributed by atoms with Gasteiger partial charge in [-0.2, -0.15) is 0 Å². The van der Waals surface area contributed by atoms with Crippen molar-refractivity contribution < 1.29 is 9.59 Å². The summed E-state index contributed by atoms with van der Waals surface area (Å²) >= 11 is 0. The molecule has 0 atom stereocenters. The molecule has 3 nitrogen and oxygen atoms in total. The van der Waals surface area contributed by atoms with E-state index in [1.54, 1.807) is 6.92 Å². The van der Waals surface area contributed by atoms with Gasteiger partial charge in [0.15, 0.2) is 5.78 Å². The lowest BCUT2D eigenvalue weighted by Gasteiger charge is -2.03. The van der Waals surface area contributed by atoms with Crippen LogP contribution in [0.15, 0.2) is 85.1 Å². The minimum atomic E-state index is -0.0154. The van der Waals surface area contributed by atoms with Crippen LogP contribution in [-0.4, -0.2) is 16.0 Å². The Hall–Kier alpha value is -3.46. The van der Waals surface area contributed by atoms with Gasteiger partial charge in [-0.25, -0.2) is 0 Å². The Kier molecular flexibility index (Phi) is 3.98. The lowest BCUT2D eigenvalue weighted by atomic mass is 10.0. The number of rotatable bonds is 4. The minimum absolute atomic E-state index is 0.0154. The predicted octanol–water partition coefficient (Wildman–Crippen LogP) is 5.04. The molecule has 0 radical (unpaired) electrons. The second-order valence-electron chi connectivity index (χ2n) is 6.23. The molecular weight excluding hydrogens is 322 g/mol. The molecule has 2 aromatic carbocycles. The summed E-state index contributed by atoms with van der Waals surface area (Å²) in [5.74, 6) is 0.0247. The SMILES string of the molecule is CC(=O)c1ccc(-c2cc(C(=O)c3ccccc3)n3ccccc23)cc1. The first kappa shape index (κ1) is 16.0. The van der Waals surface area contributed by atoms with Crippen molar-refractivity contribution in [2.75, 3.05) is 0 Å². The van der Waals surface area contributed by atoms with Crippen LogP contribution >= 0.6 is 0 Å². The maximum absolute atomic E-state index is 13.0. The smallest absolute Gasteiger partial charge is 0.209 e. The molecule has 0 aliphatic heterocycles. The first-order valence-electron chi connectivity index (χ1n) is 8.46. The van der Waals surface area contributed by atoms with Crippen LogP contribution < -0.4 is 0 Å². The van der Waals surface area contributed by atoms with Crippen molar-refractivity contribution in [2.45, 2.75) is 6.92 Å². The van der Waals surface area contributed by atoms with Gasteiger partial charge in [-0.1, -0.05) is 60.7 Å². The second kappa shape index (κ2) is 6.45. The highest BCUT2D eigenvalue weighted by atomic mass is 16.1. The lowest BCUT2D eigenvalue weighted by molar-refractivity contribution is 0.101. The number of aromatic nitrogens is 1. The van der Waals surface area contributed by atoms with Crippen molar-refractivity contribution in [2.24, 2.45) is 0 Å². The number of hydrogen-bond acceptors (Lipinski definition) is 2. The van der Waals surface area contributed by atoms with Crippen LogP contribution in [-0.2, 0) is 0 Å². The average molecular weight is 339 g/mol. The van der Waals surface area contributed by atoms with Crippen LogP contribution in [0.3, 0.4) is 0 Å². The molecule has 2 aromatic heterocycles. The molecular formula is C23H17NO2. The maximum Gasteiger partial charge on any atom is 0.209 e. The second-order valence-corrected chi connectivity index (χ2v) is 6.23. The standard InChI is InChI=1S/C23H17NO2/c1-16(25)17-10-12-18(13-11-17)20-15-22(24-14-6-5-9-21(20)24)23(26)19-7-3-2-4-8-19/h2-15H,1H3. The molecule has 4 aromatic rings. The van der Waals surface area contributed by atoms with Crippen molar-refractivity contribution in [1.29, 1.82) is 0 Å². The molecule has 0 N–H and O–H groups in total. The van der Waals surface area contributed by atoms with E-state index in [1.807, 2.05) is 89.5 Å². The number of carbonyl (C=O) groups excluding carboxylic acids is 2. The number of carbonyl (C=O) groups is 2. The molecule has 0 fully saturated rings. The van der Waals surface area contributed by atoms with Crippen LogP contribution in [0.25, 0.3) is 16.6 Å². The highest BCUT2D eigenvalue weighted by Gasteiger charge is 2.17. The monoisotopic (exact) mass is 339 g/mol. The summed E-state index contributed by atoms with van der Waals surface area (Å²) in [6.45, 7) is 1.55. The van der Waals surface area contributed by atoms with E-state index in [0.29, 0.717) is 16.8 Å². The van der Waals surface area contributed by atoms with Crippen LogP contribution in [0.5, 0.6) is 0 Å². The van der Waals surface area contributed by atoms with Crippen molar-refractivity contribution in [3.63, 3.8) is 0 Å². The van der Waals surface area contributed by atoms with E-state index in [1.165, 1.54) is 0 Å². The fourth-order valence-corrected chi connectivity index (χ4v) is 3.18. The number of nitrogens with zero attached hydrogens (tertiary/aromatic N) is 1. The summed E-state index contributed by atoms with van der Waals surface area (Å²) in [6.07, 6.45) is 1.90. The van der Waals surface area contributed by atoms with Gasteiger partial charge in [0.1, 0.15) is 0 Å². The zero-order valence-electron chi connectivity index (χ0n) is 14.3. The average Bonchev–Trinajstić information content (AvgIpc) is 3.08. The molecule has 0 saturated carbocycles. The predicted molar refractivity (Wildman–Crippen MR) is 103 cm³/mol. The van der Waals surface area contributed by atoms with E-state index in [0.717, 1.165) is 16.6 Å². The van der Waals surface area contributed by atoms with Gasteiger partial charge in [-0.05, 0) is 30.7 Å². The van der Waals surface area contributed by atoms with E-state index in [9.17, 15) is 9.59 Å². The summed E-state index contributed by atoms with van der Waals surface area (Å²) in [4.78, 5) is 24.5. The van der Waals surface area contributed by atoms with Gasteiger partial charge in [-0.15, -0.1) is 0 Å². The normalized spacial score (nSPS) is 10.8. The Morgan fingerprint density at radius 1 is 0.769 bits per heavy atom. The fraction of sp³-hybridized carbons (Fsp3) is 0.0435. The third kappa shape index (κ3) is 2.74. The molecule has 3 heteroatoms. The molecule has 26 heavy (non-hydrogen) atoms. The fourth-order valence-electron chi connectivity index (χ4n) is 3.18. The van der Waals surface area contributed by atoms with Gasteiger partial charge in [-0.3, -0.25) is 9.59 Å². The van der Waals surface area contributed by atoms with Gasteiger partial charge >= 0.3 is 0 Å². The Balaban J connectivity index is 1.87. The Bertz CT molecular complexity index is 1110. The number of hydrogen-bond donors (Lipinski definition) is 0. The summed E-state index contributed by atoms with van der Waals surface area (Å²) in [5, 5.41) is 0. The molecule has 0 amide bonds. The molecule has 4 rings (SSSR count). The zero-order valence-corrected chi connectivity index (χ0v) is 14.3. The van der Waals surface area contributed by atoms with E-state index in [4.69, 9.17) is 0 Å². The Morgan fingerprint density at radius 3 is 2.15 bits per heavy atom. The number of fused-ring (bicyclic) bond motifs is 1. The number of ketones is 2. The van der Waals surface area contributed by atoms with Gasteiger partial charge < -0.3 is 4.40 Å². The third-order valence-corrected chi connectivity index (χ3v) is 4.55. The molecule has 2 heterocycles. The molecule has 0 aliphatic rings. The van der Waals surface area contributed by atoms with E-state index < -0.39 is 0 Å². The van der Waals surface area contributed by atoms with Crippen molar-refractivity contribution >= 4 is 17.1 Å². The zero-order chi connectivity index (χ0) is 18.1. The van der Waals surface area contributed by atoms with Gasteiger partial charge in [0.25, 0.3) is 0 Å². The molecule has 0 saturated heterocycles. The largest absolute Gasteiger partial charge is 0.313 e. The summed E-state index contributed by atoms with van der Waals surface area (Å²) < 4.78 is 1.92. The number of pyridine rings is 1. The van der Waals surface area contributed by atoms with Crippen LogP contribution in [0.4, 0.5) is 0 Å². The molecule has 0 bridgehead atoms. The highest BCUT2D eigenvalue weighted by molar-refractivity contribution is 6.10. The summed E-state index contributed by atoms with van der Waals surface area (Å²) in [6, 6.07) is 24.6. The van der Waals surface area contributed by atoms with Gasteiger partial charge in [0.05, 0.1) is 11.2 Å². The quantitative estimate of drug-likeness (QED) is 0.489. The summed E-state index contributed by atoms with van der Waals surface area (Å²) in [7, 11) is 0. The van der Waals surface area contributed by atoms with E-state index in [2.05, 4.69) is 0 Å². The van der Waals surface area contributed by atoms with E-state index in [-0.39, 0.29) is 11.6 Å². The minimum Gasteiger partial charge on any atom is -0.313 e.